The van der Waals surface area contributed by atoms with Gasteiger partial charge in [0, 0.05) is 12.3 Å². The zero-order chi connectivity index (χ0) is 15.3. The lowest BCUT2D eigenvalue weighted by atomic mass is 10.2. The molecule has 5 nitrogen and oxygen atoms in total. The predicted octanol–water partition coefficient (Wildman–Crippen LogP) is 3.17. The second kappa shape index (κ2) is 6.74. The Morgan fingerprint density at radius 1 is 1.55 bits per heavy atom. The molecule has 0 saturated carbocycles. The average molecular weight is 305 g/mol. The number of carbonyl (C=O) groups is 1. The minimum Gasteiger partial charge on any atom is -0.488 e. The number of amides is 1. The van der Waals surface area contributed by atoms with Crippen LogP contribution in [-0.2, 0) is 4.74 Å². The zero-order valence-corrected chi connectivity index (χ0v) is 12.6. The van der Waals surface area contributed by atoms with Gasteiger partial charge in [0.15, 0.2) is 10.9 Å². The first-order valence-corrected chi connectivity index (χ1v) is 6.49. The molecule has 0 aromatic carbocycles. The number of hydrogen-bond acceptors (Lipinski definition) is 4. The van der Waals surface area contributed by atoms with Gasteiger partial charge < -0.3 is 14.8 Å². The van der Waals surface area contributed by atoms with E-state index in [2.05, 4.69) is 10.3 Å². The molecule has 0 fully saturated rings. The van der Waals surface area contributed by atoms with E-state index in [9.17, 15) is 9.18 Å². The SMILES string of the molecule is C[C@@H](COc1ccnc(Cl)c1F)NC(=O)OC(C)(C)C. The van der Waals surface area contributed by atoms with Crippen molar-refractivity contribution in [3.05, 3.63) is 23.2 Å². The lowest BCUT2D eigenvalue weighted by Crippen LogP contribution is -2.40. The molecule has 7 heteroatoms. The van der Waals surface area contributed by atoms with Crippen molar-refractivity contribution in [3.8, 4) is 5.75 Å². The van der Waals surface area contributed by atoms with Crippen molar-refractivity contribution in [1.29, 1.82) is 0 Å². The normalized spacial score (nSPS) is 12.7. The van der Waals surface area contributed by atoms with Crippen LogP contribution in [-0.4, -0.2) is 29.3 Å². The Kier molecular flexibility index (Phi) is 5.56. The summed E-state index contributed by atoms with van der Waals surface area (Å²) in [6.07, 6.45) is 0.786. The minimum atomic E-state index is -0.723. The maximum Gasteiger partial charge on any atom is 0.407 e. The molecular weight excluding hydrogens is 287 g/mol. The number of nitrogens with one attached hydrogen (secondary N) is 1. The third-order valence-corrected chi connectivity index (χ3v) is 2.33. The van der Waals surface area contributed by atoms with Crippen molar-refractivity contribution in [1.82, 2.24) is 10.3 Å². The van der Waals surface area contributed by atoms with Gasteiger partial charge in [-0.05, 0) is 27.7 Å². The number of alkyl carbamates (subject to hydrolysis) is 1. The molecule has 1 heterocycles. The van der Waals surface area contributed by atoms with Crippen LogP contribution in [0, 0.1) is 5.82 Å². The van der Waals surface area contributed by atoms with Gasteiger partial charge in [-0.2, -0.15) is 4.39 Å². The van der Waals surface area contributed by atoms with E-state index in [1.165, 1.54) is 12.3 Å². The monoisotopic (exact) mass is 304 g/mol. The summed E-state index contributed by atoms with van der Waals surface area (Å²) >= 11 is 5.53. The van der Waals surface area contributed by atoms with Crippen LogP contribution in [0.3, 0.4) is 0 Å². The van der Waals surface area contributed by atoms with Crippen LogP contribution in [0.2, 0.25) is 5.15 Å². The third kappa shape index (κ3) is 5.61. The fourth-order valence-electron chi connectivity index (χ4n) is 1.28. The molecule has 1 aromatic heterocycles. The van der Waals surface area contributed by atoms with Gasteiger partial charge in [0.25, 0.3) is 0 Å². The molecule has 1 N–H and O–H groups in total. The van der Waals surface area contributed by atoms with E-state index in [0.29, 0.717) is 0 Å². The summed E-state index contributed by atoms with van der Waals surface area (Å²) in [6.45, 7) is 7.09. The number of pyridine rings is 1. The Balaban J connectivity index is 2.46. The van der Waals surface area contributed by atoms with Crippen LogP contribution in [0.15, 0.2) is 12.3 Å². The standard InChI is InChI=1S/C13H18ClFN2O3/c1-8(17-12(18)20-13(2,3)4)7-19-9-5-6-16-11(14)10(9)15/h5-6,8H,7H2,1-4H3,(H,17,18)/t8-/m0/s1. The molecule has 1 atom stereocenters. The Morgan fingerprint density at radius 3 is 2.80 bits per heavy atom. The number of nitrogens with zero attached hydrogens (tertiary/aromatic N) is 1. The van der Waals surface area contributed by atoms with Crippen LogP contribution < -0.4 is 10.1 Å². The maximum atomic E-state index is 13.5. The van der Waals surface area contributed by atoms with E-state index in [-0.39, 0.29) is 23.6 Å². The molecule has 0 aliphatic carbocycles. The predicted molar refractivity (Wildman–Crippen MR) is 73.5 cm³/mol. The summed E-state index contributed by atoms with van der Waals surface area (Å²) in [5.74, 6) is -0.735. The second-order valence-electron chi connectivity index (χ2n) is 5.27. The van der Waals surface area contributed by atoms with Crippen LogP contribution in [0.1, 0.15) is 27.7 Å². The smallest absolute Gasteiger partial charge is 0.407 e. The Hall–Kier alpha value is -1.56. The number of ether oxygens (including phenoxy) is 2. The van der Waals surface area contributed by atoms with Gasteiger partial charge in [0.2, 0.25) is 5.82 Å². The molecule has 1 amide bonds. The maximum absolute atomic E-state index is 13.5. The molecule has 0 unspecified atom stereocenters. The fraction of sp³-hybridized carbons (Fsp3) is 0.538. The lowest BCUT2D eigenvalue weighted by molar-refractivity contribution is 0.0493. The quantitative estimate of drug-likeness (QED) is 0.868. The zero-order valence-electron chi connectivity index (χ0n) is 11.9. The van der Waals surface area contributed by atoms with E-state index < -0.39 is 17.5 Å². The van der Waals surface area contributed by atoms with Crippen LogP contribution >= 0.6 is 11.6 Å². The summed E-state index contributed by atoms with van der Waals surface area (Å²) in [4.78, 5) is 15.1. The molecule has 0 radical (unpaired) electrons. The van der Waals surface area contributed by atoms with Gasteiger partial charge in [-0.25, -0.2) is 9.78 Å². The summed E-state index contributed by atoms with van der Waals surface area (Å²) < 4.78 is 23.8. The molecule has 1 aromatic rings. The first-order valence-electron chi connectivity index (χ1n) is 6.11. The average Bonchev–Trinajstić information content (AvgIpc) is 2.28. The number of rotatable bonds is 4. The van der Waals surface area contributed by atoms with Crippen molar-refractivity contribution in [2.75, 3.05) is 6.61 Å². The van der Waals surface area contributed by atoms with E-state index >= 15 is 0 Å². The highest BCUT2D eigenvalue weighted by Crippen LogP contribution is 2.21. The number of halogens is 2. The molecule has 0 spiro atoms. The Labute approximate surface area is 122 Å². The third-order valence-electron chi connectivity index (χ3n) is 2.06. The van der Waals surface area contributed by atoms with Gasteiger partial charge in [0.1, 0.15) is 12.2 Å². The van der Waals surface area contributed by atoms with Gasteiger partial charge in [-0.15, -0.1) is 0 Å². The van der Waals surface area contributed by atoms with Gasteiger partial charge in [-0.1, -0.05) is 11.6 Å². The highest BCUT2D eigenvalue weighted by molar-refractivity contribution is 6.29. The minimum absolute atomic E-state index is 0.0113. The number of carbonyl (C=O) groups excluding carboxylic acids is 1. The Morgan fingerprint density at radius 2 is 2.20 bits per heavy atom. The molecule has 20 heavy (non-hydrogen) atoms. The molecule has 1 rings (SSSR count). The van der Waals surface area contributed by atoms with Gasteiger partial charge in [-0.3, -0.25) is 0 Å². The highest BCUT2D eigenvalue weighted by Gasteiger charge is 2.18. The van der Waals surface area contributed by atoms with Crippen LogP contribution in [0.5, 0.6) is 5.75 Å². The van der Waals surface area contributed by atoms with Gasteiger partial charge in [0.05, 0.1) is 6.04 Å². The highest BCUT2D eigenvalue weighted by atomic mass is 35.5. The van der Waals surface area contributed by atoms with E-state index in [4.69, 9.17) is 21.1 Å². The summed E-state index contributed by atoms with van der Waals surface area (Å²) in [5.41, 5.74) is -0.574. The molecule has 0 bridgehead atoms. The fourth-order valence-corrected chi connectivity index (χ4v) is 1.43. The van der Waals surface area contributed by atoms with E-state index in [1.54, 1.807) is 27.7 Å². The van der Waals surface area contributed by atoms with Crippen molar-refractivity contribution < 1.29 is 18.7 Å². The topological polar surface area (TPSA) is 60.5 Å². The van der Waals surface area contributed by atoms with E-state index in [1.807, 2.05) is 0 Å². The molecular formula is C13H18ClFN2O3. The largest absolute Gasteiger partial charge is 0.488 e. The first kappa shape index (κ1) is 16.5. The lowest BCUT2D eigenvalue weighted by Gasteiger charge is -2.22. The first-order chi connectivity index (χ1) is 9.19. The Bertz CT molecular complexity index is 477. The van der Waals surface area contributed by atoms with Crippen LogP contribution in [0.4, 0.5) is 9.18 Å². The van der Waals surface area contributed by atoms with Crippen molar-refractivity contribution in [2.24, 2.45) is 0 Å². The van der Waals surface area contributed by atoms with E-state index in [0.717, 1.165) is 0 Å². The number of aromatic nitrogens is 1. The van der Waals surface area contributed by atoms with Gasteiger partial charge >= 0.3 is 6.09 Å². The van der Waals surface area contributed by atoms with Crippen molar-refractivity contribution >= 4 is 17.7 Å². The number of hydrogen-bond donors (Lipinski definition) is 1. The van der Waals surface area contributed by atoms with Crippen molar-refractivity contribution in [3.63, 3.8) is 0 Å². The summed E-state index contributed by atoms with van der Waals surface area (Å²) in [5, 5.41) is 2.33. The second-order valence-corrected chi connectivity index (χ2v) is 5.63. The molecule has 0 aliphatic heterocycles. The summed E-state index contributed by atoms with van der Waals surface area (Å²) in [6, 6.07) is 1.01. The van der Waals surface area contributed by atoms with Crippen molar-refractivity contribution in [2.45, 2.75) is 39.3 Å². The molecule has 112 valence electrons. The molecule has 0 aliphatic rings. The molecule has 0 saturated heterocycles. The summed E-state index contributed by atoms with van der Waals surface area (Å²) in [7, 11) is 0. The van der Waals surface area contributed by atoms with Crippen LogP contribution in [0.25, 0.3) is 0 Å².